The standard InChI is InChI=1S/C15H19F3N2O2/c16-15(17,18)22-13-6-3-11(4-7-13)5-8-14(21)20-12-2-1-9-19-10-12/h3-4,6-7,12,19H,1-2,5,8-10H2,(H,20,21)/t12-/m0/s1. The average Bonchev–Trinajstić information content (AvgIpc) is 2.46. The molecule has 0 unspecified atom stereocenters. The van der Waals surface area contributed by atoms with Crippen LogP contribution in [0.1, 0.15) is 24.8 Å². The second-order valence-electron chi connectivity index (χ2n) is 5.30. The number of amides is 1. The van der Waals surface area contributed by atoms with Gasteiger partial charge in [-0.2, -0.15) is 0 Å². The molecule has 0 aliphatic carbocycles. The number of carbonyl (C=O) groups is 1. The fraction of sp³-hybridized carbons (Fsp3) is 0.533. The van der Waals surface area contributed by atoms with Crippen LogP contribution in [0.15, 0.2) is 24.3 Å². The van der Waals surface area contributed by atoms with Crippen molar-refractivity contribution in [1.82, 2.24) is 10.6 Å². The van der Waals surface area contributed by atoms with Gasteiger partial charge in [-0.15, -0.1) is 13.2 Å². The summed E-state index contributed by atoms with van der Waals surface area (Å²) >= 11 is 0. The highest BCUT2D eigenvalue weighted by atomic mass is 19.4. The summed E-state index contributed by atoms with van der Waals surface area (Å²) in [6.45, 7) is 1.77. The number of halogens is 3. The summed E-state index contributed by atoms with van der Waals surface area (Å²) in [5.74, 6) is -0.293. The first-order valence-electron chi connectivity index (χ1n) is 7.27. The van der Waals surface area contributed by atoms with E-state index in [2.05, 4.69) is 15.4 Å². The molecule has 1 atom stereocenters. The third-order valence-electron chi connectivity index (χ3n) is 3.46. The molecule has 1 aliphatic heterocycles. The van der Waals surface area contributed by atoms with Crippen molar-refractivity contribution in [2.75, 3.05) is 13.1 Å². The molecule has 0 aromatic heterocycles. The lowest BCUT2D eigenvalue weighted by molar-refractivity contribution is -0.274. The second kappa shape index (κ2) is 7.49. The summed E-state index contributed by atoms with van der Waals surface area (Å²) in [7, 11) is 0. The lowest BCUT2D eigenvalue weighted by Crippen LogP contribution is -2.45. The van der Waals surface area contributed by atoms with Crippen LogP contribution in [-0.2, 0) is 11.2 Å². The first-order valence-corrected chi connectivity index (χ1v) is 7.27. The number of hydrogen-bond donors (Lipinski definition) is 2. The smallest absolute Gasteiger partial charge is 0.406 e. The van der Waals surface area contributed by atoms with Crippen LogP contribution in [0.3, 0.4) is 0 Å². The zero-order chi connectivity index (χ0) is 16.0. The molecule has 22 heavy (non-hydrogen) atoms. The summed E-state index contributed by atoms with van der Waals surface area (Å²) < 4.78 is 39.9. The van der Waals surface area contributed by atoms with Crippen molar-refractivity contribution < 1.29 is 22.7 Å². The Morgan fingerprint density at radius 2 is 2.05 bits per heavy atom. The van der Waals surface area contributed by atoms with E-state index in [1.165, 1.54) is 24.3 Å². The molecular formula is C15H19F3N2O2. The van der Waals surface area contributed by atoms with Crippen molar-refractivity contribution >= 4 is 5.91 Å². The van der Waals surface area contributed by atoms with Crippen molar-refractivity contribution in [2.45, 2.75) is 38.1 Å². The fourth-order valence-corrected chi connectivity index (χ4v) is 2.39. The molecule has 0 bridgehead atoms. The molecule has 1 aliphatic rings. The van der Waals surface area contributed by atoms with Crippen LogP contribution >= 0.6 is 0 Å². The van der Waals surface area contributed by atoms with Gasteiger partial charge in [-0.05, 0) is 43.5 Å². The predicted octanol–water partition coefficient (Wildman–Crippen LogP) is 2.39. The van der Waals surface area contributed by atoms with Gasteiger partial charge < -0.3 is 15.4 Å². The van der Waals surface area contributed by atoms with E-state index in [1.807, 2.05) is 0 Å². The van der Waals surface area contributed by atoms with Crippen molar-refractivity contribution in [1.29, 1.82) is 0 Å². The van der Waals surface area contributed by atoms with Gasteiger partial charge in [-0.1, -0.05) is 12.1 Å². The minimum atomic E-state index is -4.69. The SMILES string of the molecule is O=C(CCc1ccc(OC(F)(F)F)cc1)N[C@H]1CCCNC1. The van der Waals surface area contributed by atoms with E-state index in [1.54, 1.807) is 0 Å². The number of carbonyl (C=O) groups excluding carboxylic acids is 1. The van der Waals surface area contributed by atoms with E-state index in [4.69, 9.17) is 0 Å². The summed E-state index contributed by atoms with van der Waals surface area (Å²) in [4.78, 5) is 11.8. The molecule has 1 saturated heterocycles. The number of benzene rings is 1. The topological polar surface area (TPSA) is 50.4 Å². The van der Waals surface area contributed by atoms with Crippen LogP contribution in [-0.4, -0.2) is 31.4 Å². The van der Waals surface area contributed by atoms with Crippen molar-refractivity contribution in [3.05, 3.63) is 29.8 Å². The van der Waals surface area contributed by atoms with Crippen LogP contribution in [0, 0.1) is 0 Å². The summed E-state index contributed by atoms with van der Waals surface area (Å²) in [5.41, 5.74) is 0.798. The molecule has 7 heteroatoms. The second-order valence-corrected chi connectivity index (χ2v) is 5.30. The monoisotopic (exact) mass is 316 g/mol. The van der Waals surface area contributed by atoms with Gasteiger partial charge in [0.05, 0.1) is 0 Å². The van der Waals surface area contributed by atoms with Gasteiger partial charge in [0, 0.05) is 19.0 Å². The molecule has 0 radical (unpaired) electrons. The molecule has 4 nitrogen and oxygen atoms in total. The average molecular weight is 316 g/mol. The Kier molecular flexibility index (Phi) is 5.65. The maximum atomic E-state index is 12.0. The van der Waals surface area contributed by atoms with Crippen LogP contribution in [0.5, 0.6) is 5.75 Å². The van der Waals surface area contributed by atoms with Crippen LogP contribution in [0.2, 0.25) is 0 Å². The normalized spacial score (nSPS) is 18.8. The number of nitrogens with one attached hydrogen (secondary N) is 2. The van der Waals surface area contributed by atoms with Crippen molar-refractivity contribution in [3.8, 4) is 5.75 Å². The Bertz CT molecular complexity index is 483. The van der Waals surface area contributed by atoms with Gasteiger partial charge in [0.15, 0.2) is 0 Å². The first-order chi connectivity index (χ1) is 10.4. The molecule has 1 heterocycles. The number of alkyl halides is 3. The molecule has 0 spiro atoms. The van der Waals surface area contributed by atoms with Crippen molar-refractivity contribution in [3.63, 3.8) is 0 Å². The molecule has 1 fully saturated rings. The molecule has 2 rings (SSSR count). The maximum absolute atomic E-state index is 12.0. The Morgan fingerprint density at radius 3 is 2.64 bits per heavy atom. The van der Waals surface area contributed by atoms with Gasteiger partial charge in [0.25, 0.3) is 0 Å². The number of ether oxygens (including phenoxy) is 1. The summed E-state index contributed by atoms with van der Waals surface area (Å²) in [5, 5.41) is 6.17. The largest absolute Gasteiger partial charge is 0.573 e. The Labute approximate surface area is 127 Å². The Hall–Kier alpha value is -1.76. The van der Waals surface area contributed by atoms with E-state index in [0.29, 0.717) is 12.8 Å². The number of rotatable bonds is 5. The predicted molar refractivity (Wildman–Crippen MR) is 75.5 cm³/mol. The summed E-state index contributed by atoms with van der Waals surface area (Å²) in [6.07, 6.45) is -1.86. The maximum Gasteiger partial charge on any atom is 0.573 e. The zero-order valence-corrected chi connectivity index (χ0v) is 12.1. The first kappa shape index (κ1) is 16.6. The Morgan fingerprint density at radius 1 is 1.32 bits per heavy atom. The Balaban J connectivity index is 1.75. The zero-order valence-electron chi connectivity index (χ0n) is 12.1. The number of piperidine rings is 1. The summed E-state index contributed by atoms with van der Waals surface area (Å²) in [6, 6.07) is 5.76. The van der Waals surface area contributed by atoms with Gasteiger partial charge in [-0.3, -0.25) is 4.79 Å². The molecule has 0 saturated carbocycles. The molecule has 2 N–H and O–H groups in total. The number of aryl methyl sites for hydroxylation is 1. The lowest BCUT2D eigenvalue weighted by Gasteiger charge is -2.23. The highest BCUT2D eigenvalue weighted by Gasteiger charge is 2.30. The van der Waals surface area contributed by atoms with Crippen LogP contribution in [0.25, 0.3) is 0 Å². The quantitative estimate of drug-likeness (QED) is 0.877. The van der Waals surface area contributed by atoms with Gasteiger partial charge >= 0.3 is 6.36 Å². The van der Waals surface area contributed by atoms with E-state index < -0.39 is 6.36 Å². The van der Waals surface area contributed by atoms with Crippen molar-refractivity contribution in [2.24, 2.45) is 0 Å². The minimum absolute atomic E-state index is 0.0377. The molecule has 1 aromatic carbocycles. The number of hydrogen-bond acceptors (Lipinski definition) is 3. The highest BCUT2D eigenvalue weighted by molar-refractivity contribution is 5.76. The third-order valence-corrected chi connectivity index (χ3v) is 3.46. The van der Waals surface area contributed by atoms with Gasteiger partial charge in [-0.25, -0.2) is 0 Å². The van der Waals surface area contributed by atoms with Gasteiger partial charge in [0.1, 0.15) is 5.75 Å². The highest BCUT2D eigenvalue weighted by Crippen LogP contribution is 2.23. The van der Waals surface area contributed by atoms with E-state index in [-0.39, 0.29) is 17.7 Å². The minimum Gasteiger partial charge on any atom is -0.406 e. The van der Waals surface area contributed by atoms with Crippen LogP contribution in [0.4, 0.5) is 13.2 Å². The van der Waals surface area contributed by atoms with E-state index >= 15 is 0 Å². The molecule has 1 amide bonds. The third kappa shape index (κ3) is 5.93. The van der Waals surface area contributed by atoms with Crippen LogP contribution < -0.4 is 15.4 Å². The molecule has 122 valence electrons. The van der Waals surface area contributed by atoms with Gasteiger partial charge in [0.2, 0.25) is 5.91 Å². The van der Waals surface area contributed by atoms with E-state index in [9.17, 15) is 18.0 Å². The molecular weight excluding hydrogens is 297 g/mol. The van der Waals surface area contributed by atoms with E-state index in [0.717, 1.165) is 31.5 Å². The molecule has 1 aromatic rings. The lowest BCUT2D eigenvalue weighted by atomic mass is 10.1. The fourth-order valence-electron chi connectivity index (χ4n) is 2.39.